The molecular weight excluding hydrogens is 1090 g/mol. The average molecular weight is 1200 g/mol. The van der Waals surface area contributed by atoms with E-state index in [-0.39, 0.29) is 74.8 Å². The van der Waals surface area contributed by atoms with Crippen LogP contribution in [0.2, 0.25) is 0 Å². The normalized spacial score (nSPS) is 12.2. The van der Waals surface area contributed by atoms with Gasteiger partial charge in [0.25, 0.3) is 0 Å². The number of esters is 2. The second kappa shape index (κ2) is 47.4. The number of carbonyl (C=O) groups is 7. The number of methoxy groups -OCH3 is 1. The third-order valence-electron chi connectivity index (χ3n) is 13.7. The Bertz CT molecular complexity index is 2130. The molecule has 2 aromatic rings. The van der Waals surface area contributed by atoms with Gasteiger partial charge in [-0.3, -0.25) is 24.0 Å². The van der Waals surface area contributed by atoms with E-state index in [1.807, 2.05) is 24.3 Å². The Balaban J connectivity index is 1.05. The molecule has 21 heteroatoms. The molecule has 0 spiro atoms. The SMILES string of the molecule is COC(=O)NCCOCCOCCC(=O)NCCOCCOCCC(=O)NCCOCCOCCC(=O)NCCCC[C@H](NC(=O)CCCCCCCCCCCCCCCCC(=O)OC1c2ccccc2-c2ccccc21)C(=O)OC(C)(C)C. The number of ether oxygens (including phenoxy) is 9. The smallest absolute Gasteiger partial charge is 0.406 e. The van der Waals surface area contributed by atoms with Crippen LogP contribution in [0.5, 0.6) is 0 Å². The zero-order chi connectivity index (χ0) is 61.4. The molecule has 0 heterocycles. The highest BCUT2D eigenvalue weighted by Gasteiger charge is 2.31. The summed E-state index contributed by atoms with van der Waals surface area (Å²) >= 11 is 0. The summed E-state index contributed by atoms with van der Waals surface area (Å²) in [6, 6.07) is 15.6. The minimum absolute atomic E-state index is 0.122. The summed E-state index contributed by atoms with van der Waals surface area (Å²) in [6.07, 6.45) is 17.9. The van der Waals surface area contributed by atoms with E-state index in [0.717, 1.165) is 67.2 Å². The van der Waals surface area contributed by atoms with Crippen molar-refractivity contribution in [1.82, 2.24) is 26.6 Å². The van der Waals surface area contributed by atoms with Crippen molar-refractivity contribution < 1.29 is 76.2 Å². The summed E-state index contributed by atoms with van der Waals surface area (Å²) in [4.78, 5) is 86.0. The molecule has 2 aromatic carbocycles. The number of unbranched alkanes of at least 4 members (excludes halogenated alkanes) is 14. The minimum Gasteiger partial charge on any atom is -0.458 e. The van der Waals surface area contributed by atoms with Crippen LogP contribution in [0.4, 0.5) is 4.79 Å². The van der Waals surface area contributed by atoms with Gasteiger partial charge in [0.2, 0.25) is 23.6 Å². The molecular formula is C64H103N5O16. The molecule has 0 unspecified atom stereocenters. The monoisotopic (exact) mass is 1200 g/mol. The molecule has 5 N–H and O–H groups in total. The molecule has 3 rings (SSSR count). The quantitative estimate of drug-likeness (QED) is 0.0236. The number of alkyl carbamates (subject to hydrolysis) is 1. The van der Waals surface area contributed by atoms with Gasteiger partial charge in [0.05, 0.1) is 86.4 Å². The van der Waals surface area contributed by atoms with Gasteiger partial charge in [0.1, 0.15) is 11.6 Å². The number of rotatable bonds is 52. The number of nitrogens with one attached hydrogen (secondary N) is 5. The fourth-order valence-electron chi connectivity index (χ4n) is 9.24. The Morgan fingerprint density at radius 2 is 0.812 bits per heavy atom. The summed E-state index contributed by atoms with van der Waals surface area (Å²) < 4.78 is 48.6. The minimum atomic E-state index is -0.751. The maximum absolute atomic E-state index is 13.0. The van der Waals surface area contributed by atoms with Gasteiger partial charge >= 0.3 is 18.0 Å². The van der Waals surface area contributed by atoms with Crippen LogP contribution in [0, 0.1) is 0 Å². The van der Waals surface area contributed by atoms with Crippen LogP contribution in [0.15, 0.2) is 48.5 Å². The molecule has 480 valence electrons. The van der Waals surface area contributed by atoms with Crippen LogP contribution < -0.4 is 26.6 Å². The largest absolute Gasteiger partial charge is 0.458 e. The van der Waals surface area contributed by atoms with Crippen LogP contribution >= 0.6 is 0 Å². The van der Waals surface area contributed by atoms with Crippen LogP contribution in [-0.2, 0) is 71.4 Å². The lowest BCUT2D eigenvalue weighted by Crippen LogP contribution is -2.44. The Hall–Kier alpha value is -5.71. The Labute approximate surface area is 505 Å². The van der Waals surface area contributed by atoms with E-state index < -0.39 is 23.7 Å². The van der Waals surface area contributed by atoms with E-state index in [4.69, 9.17) is 37.9 Å². The van der Waals surface area contributed by atoms with Crippen LogP contribution in [0.25, 0.3) is 11.1 Å². The van der Waals surface area contributed by atoms with Crippen LogP contribution in [0.3, 0.4) is 0 Å². The molecule has 5 amide bonds. The van der Waals surface area contributed by atoms with E-state index in [0.29, 0.717) is 118 Å². The first-order chi connectivity index (χ1) is 41.3. The fraction of sp³-hybridized carbons (Fsp3) is 0.703. The molecule has 0 aliphatic heterocycles. The molecule has 1 aliphatic carbocycles. The van der Waals surface area contributed by atoms with E-state index in [9.17, 15) is 33.6 Å². The van der Waals surface area contributed by atoms with Crippen molar-refractivity contribution in [1.29, 1.82) is 0 Å². The van der Waals surface area contributed by atoms with Gasteiger partial charge in [-0.05, 0) is 64.0 Å². The standard InChI is InChI=1S/C64H103N5O16/c1-64(2,3)85-62(75)55(69-59(73)30-17-15-13-11-9-7-5-6-8-10-12-14-16-18-31-60(74)84-61-53-27-21-19-25-51(53)52-26-20-22-28-54(52)61)29-23-24-35-65-56(70)32-39-78-45-48-81-42-36-66-57(71)33-40-79-46-49-82-43-37-67-58(72)34-41-80-47-50-83-44-38-68-63(76)77-4/h19-22,25-28,55,61H,5-18,23-24,29-50H2,1-4H3,(H,65,70)(H,66,71)(H,67,72)(H,68,76)(H,69,73)/t55-/m0/s1. The summed E-state index contributed by atoms with van der Waals surface area (Å²) in [5.74, 6) is -1.19. The molecule has 21 nitrogen and oxygen atoms in total. The lowest BCUT2D eigenvalue weighted by atomic mass is 10.0. The van der Waals surface area contributed by atoms with Crippen molar-refractivity contribution in [3.63, 3.8) is 0 Å². The van der Waals surface area contributed by atoms with Crippen molar-refractivity contribution >= 4 is 41.7 Å². The van der Waals surface area contributed by atoms with Gasteiger partial charge in [-0.1, -0.05) is 126 Å². The molecule has 0 bridgehead atoms. The summed E-state index contributed by atoms with van der Waals surface area (Å²) in [5, 5.41) is 13.8. The predicted octanol–water partition coefficient (Wildman–Crippen LogP) is 8.51. The maximum atomic E-state index is 13.0. The zero-order valence-electron chi connectivity index (χ0n) is 51.7. The number of hydrogen-bond acceptors (Lipinski definition) is 16. The molecule has 0 fully saturated rings. The summed E-state index contributed by atoms with van der Waals surface area (Å²) in [6.45, 7) is 10.5. The molecule has 1 aliphatic rings. The molecule has 1 atom stereocenters. The van der Waals surface area contributed by atoms with Crippen LogP contribution in [-0.4, -0.2) is 166 Å². The first-order valence-corrected chi connectivity index (χ1v) is 31.3. The van der Waals surface area contributed by atoms with Crippen LogP contribution in [0.1, 0.15) is 179 Å². The van der Waals surface area contributed by atoms with Gasteiger partial charge in [0.15, 0.2) is 6.10 Å². The first kappa shape index (κ1) is 73.5. The fourth-order valence-corrected chi connectivity index (χ4v) is 9.24. The van der Waals surface area contributed by atoms with Gasteiger partial charge in [-0.25, -0.2) is 9.59 Å². The molecule has 0 saturated carbocycles. The molecule has 0 radical (unpaired) electrons. The number of fused-ring (bicyclic) bond motifs is 3. The van der Waals surface area contributed by atoms with E-state index in [1.54, 1.807) is 20.8 Å². The number of hydrogen-bond donors (Lipinski definition) is 5. The van der Waals surface area contributed by atoms with E-state index in [1.165, 1.54) is 52.1 Å². The first-order valence-electron chi connectivity index (χ1n) is 31.3. The third kappa shape index (κ3) is 37.5. The van der Waals surface area contributed by atoms with Crippen molar-refractivity contribution in [3.8, 4) is 11.1 Å². The van der Waals surface area contributed by atoms with Crippen molar-refractivity contribution in [3.05, 3.63) is 59.7 Å². The lowest BCUT2D eigenvalue weighted by molar-refractivity contribution is -0.159. The average Bonchev–Trinajstić information content (AvgIpc) is 2.90. The highest BCUT2D eigenvalue weighted by atomic mass is 16.6. The summed E-state index contributed by atoms with van der Waals surface area (Å²) in [7, 11) is 1.29. The van der Waals surface area contributed by atoms with Gasteiger partial charge in [0, 0.05) is 69.4 Å². The van der Waals surface area contributed by atoms with Crippen molar-refractivity contribution in [2.75, 3.05) is 113 Å². The second-order valence-electron chi connectivity index (χ2n) is 22.0. The Morgan fingerprint density at radius 3 is 1.25 bits per heavy atom. The highest BCUT2D eigenvalue weighted by Crippen LogP contribution is 2.45. The van der Waals surface area contributed by atoms with Gasteiger partial charge in [-0.15, -0.1) is 0 Å². The second-order valence-corrected chi connectivity index (χ2v) is 22.0. The molecule has 0 saturated heterocycles. The van der Waals surface area contributed by atoms with Gasteiger partial charge < -0.3 is 69.2 Å². The molecule has 0 aromatic heterocycles. The number of benzene rings is 2. The third-order valence-corrected chi connectivity index (χ3v) is 13.7. The zero-order valence-corrected chi connectivity index (χ0v) is 51.7. The predicted molar refractivity (Wildman–Crippen MR) is 324 cm³/mol. The summed E-state index contributed by atoms with van der Waals surface area (Å²) in [5.41, 5.74) is 3.76. The van der Waals surface area contributed by atoms with E-state index in [2.05, 4.69) is 55.6 Å². The van der Waals surface area contributed by atoms with Crippen molar-refractivity contribution in [2.24, 2.45) is 0 Å². The number of amides is 5. The Kier molecular flexibility index (Phi) is 41.0. The van der Waals surface area contributed by atoms with E-state index >= 15 is 0 Å². The highest BCUT2D eigenvalue weighted by molar-refractivity contribution is 5.84. The Morgan fingerprint density at radius 1 is 0.424 bits per heavy atom. The van der Waals surface area contributed by atoms with Crippen molar-refractivity contribution in [2.45, 2.75) is 180 Å². The topological polar surface area (TPSA) is 263 Å². The lowest BCUT2D eigenvalue weighted by Gasteiger charge is -2.24. The number of carbonyl (C=O) groups excluding carboxylic acids is 7. The maximum Gasteiger partial charge on any atom is 0.406 e. The van der Waals surface area contributed by atoms with Gasteiger partial charge in [-0.2, -0.15) is 0 Å². The molecule has 85 heavy (non-hydrogen) atoms.